The van der Waals surface area contributed by atoms with Crippen LogP contribution in [0.2, 0.25) is 0 Å². The smallest absolute Gasteiger partial charge is 0.320 e. The molecule has 0 bridgehead atoms. The second-order valence-electron chi connectivity index (χ2n) is 7.49. The molecule has 8 heteroatoms. The number of carboxylic acids is 1. The van der Waals surface area contributed by atoms with E-state index in [0.29, 0.717) is 36.6 Å². The number of aromatic nitrogens is 2. The summed E-state index contributed by atoms with van der Waals surface area (Å²) in [4.78, 5) is 22.2. The molecule has 6 nitrogen and oxygen atoms in total. The monoisotopic (exact) mass is 425 g/mol. The summed E-state index contributed by atoms with van der Waals surface area (Å²) in [5, 5.41) is 9.21. The van der Waals surface area contributed by atoms with E-state index in [4.69, 9.17) is 4.74 Å². The molecular weight excluding hydrogens is 404 g/mol. The van der Waals surface area contributed by atoms with Gasteiger partial charge in [-0.05, 0) is 48.9 Å². The minimum atomic E-state index is -0.842. The van der Waals surface area contributed by atoms with Crippen molar-refractivity contribution in [1.29, 1.82) is 0 Å². The van der Waals surface area contributed by atoms with Crippen molar-refractivity contribution >= 4 is 5.97 Å². The molecule has 0 amide bonds. The van der Waals surface area contributed by atoms with Crippen molar-refractivity contribution in [2.45, 2.75) is 32.5 Å². The first-order valence-electron chi connectivity index (χ1n) is 9.89. The van der Waals surface area contributed by atoms with Gasteiger partial charge in [0, 0.05) is 42.9 Å². The summed E-state index contributed by atoms with van der Waals surface area (Å²) in [5.74, 6) is -0.981. The van der Waals surface area contributed by atoms with E-state index in [0.717, 1.165) is 22.9 Å². The van der Waals surface area contributed by atoms with Gasteiger partial charge in [-0.1, -0.05) is 0 Å². The third-order valence-corrected chi connectivity index (χ3v) is 5.31. The third-order valence-electron chi connectivity index (χ3n) is 5.31. The molecule has 0 spiro atoms. The van der Waals surface area contributed by atoms with Gasteiger partial charge in [-0.15, -0.1) is 0 Å². The summed E-state index contributed by atoms with van der Waals surface area (Å²) >= 11 is 0. The number of aliphatic carboxylic acids is 1. The minimum Gasteiger partial charge on any atom is -0.489 e. The Morgan fingerprint density at radius 3 is 2.58 bits per heavy atom. The Hall–Kier alpha value is -3.39. The molecular formula is C23H21F2N3O3. The number of carbonyl (C=O) groups is 1. The molecule has 160 valence electrons. The van der Waals surface area contributed by atoms with E-state index in [1.165, 1.54) is 12.1 Å². The standard InChI is InChI=1S/C23H21F2N3O3/c1-14(23(29)30)28-7-6-21-17(12-28)11-26-22(27-21)16-2-4-20(5-3-16)31-13-15-8-18(24)10-19(25)9-15/h2-5,8-11,14H,6-7,12-13H2,1H3,(H,29,30). The second-order valence-corrected chi connectivity index (χ2v) is 7.49. The lowest BCUT2D eigenvalue weighted by molar-refractivity contribution is -0.143. The first kappa shape index (κ1) is 20.9. The first-order chi connectivity index (χ1) is 14.9. The summed E-state index contributed by atoms with van der Waals surface area (Å²) in [7, 11) is 0. The van der Waals surface area contributed by atoms with Crippen LogP contribution in [-0.2, 0) is 24.4 Å². The molecule has 1 aliphatic heterocycles. The Morgan fingerprint density at radius 1 is 1.19 bits per heavy atom. The summed E-state index contributed by atoms with van der Waals surface area (Å²) in [5.41, 5.74) is 3.08. The zero-order valence-corrected chi connectivity index (χ0v) is 16.9. The van der Waals surface area contributed by atoms with Crippen molar-refractivity contribution in [3.8, 4) is 17.1 Å². The minimum absolute atomic E-state index is 0.0502. The van der Waals surface area contributed by atoms with Crippen molar-refractivity contribution in [3.05, 3.63) is 77.1 Å². The van der Waals surface area contributed by atoms with Crippen LogP contribution in [0.15, 0.2) is 48.7 Å². The van der Waals surface area contributed by atoms with E-state index in [9.17, 15) is 18.7 Å². The Balaban J connectivity index is 1.43. The number of benzene rings is 2. The second kappa shape index (κ2) is 8.77. The molecule has 2 aromatic carbocycles. The van der Waals surface area contributed by atoms with Crippen molar-refractivity contribution in [1.82, 2.24) is 14.9 Å². The predicted octanol–water partition coefficient (Wildman–Crippen LogP) is 3.83. The lowest BCUT2D eigenvalue weighted by atomic mass is 10.0. The predicted molar refractivity (Wildman–Crippen MR) is 109 cm³/mol. The van der Waals surface area contributed by atoms with Gasteiger partial charge in [0.25, 0.3) is 0 Å². The topological polar surface area (TPSA) is 75.5 Å². The highest BCUT2D eigenvalue weighted by Crippen LogP contribution is 2.24. The van der Waals surface area contributed by atoms with E-state index in [2.05, 4.69) is 9.97 Å². The number of ether oxygens (including phenoxy) is 1. The molecule has 3 aromatic rings. The van der Waals surface area contributed by atoms with Crippen LogP contribution in [0.5, 0.6) is 5.75 Å². The molecule has 0 saturated heterocycles. The van der Waals surface area contributed by atoms with E-state index in [-0.39, 0.29) is 6.61 Å². The van der Waals surface area contributed by atoms with Crippen molar-refractivity contribution in [3.63, 3.8) is 0 Å². The van der Waals surface area contributed by atoms with E-state index < -0.39 is 23.6 Å². The number of hydrogen-bond acceptors (Lipinski definition) is 5. The van der Waals surface area contributed by atoms with Crippen LogP contribution >= 0.6 is 0 Å². The van der Waals surface area contributed by atoms with Crippen LogP contribution in [0.1, 0.15) is 23.7 Å². The molecule has 2 heterocycles. The highest BCUT2D eigenvalue weighted by atomic mass is 19.1. The van der Waals surface area contributed by atoms with Gasteiger partial charge in [0.05, 0.1) is 5.69 Å². The Morgan fingerprint density at radius 2 is 1.90 bits per heavy atom. The fourth-order valence-corrected chi connectivity index (χ4v) is 3.53. The molecule has 4 rings (SSSR count). The SMILES string of the molecule is CC(C(=O)O)N1CCc2nc(-c3ccc(OCc4cc(F)cc(F)c4)cc3)ncc2C1. The largest absolute Gasteiger partial charge is 0.489 e. The maximum absolute atomic E-state index is 13.3. The number of rotatable bonds is 6. The summed E-state index contributed by atoms with van der Waals surface area (Å²) in [6.45, 7) is 2.87. The molecule has 1 unspecified atom stereocenters. The van der Waals surface area contributed by atoms with Crippen molar-refractivity contribution in [2.75, 3.05) is 6.54 Å². The molecule has 0 fully saturated rings. The highest BCUT2D eigenvalue weighted by Gasteiger charge is 2.26. The van der Waals surface area contributed by atoms with Crippen LogP contribution < -0.4 is 4.74 Å². The lowest BCUT2D eigenvalue weighted by Gasteiger charge is -2.30. The number of nitrogens with zero attached hydrogens (tertiary/aromatic N) is 3. The Kier molecular flexibility index (Phi) is 5.90. The molecule has 0 aliphatic carbocycles. The first-order valence-corrected chi connectivity index (χ1v) is 9.89. The van der Waals surface area contributed by atoms with Gasteiger partial charge in [0.2, 0.25) is 0 Å². The number of hydrogen-bond donors (Lipinski definition) is 1. The fraction of sp³-hybridized carbons (Fsp3) is 0.261. The average Bonchev–Trinajstić information content (AvgIpc) is 2.76. The van der Waals surface area contributed by atoms with Crippen molar-refractivity contribution in [2.24, 2.45) is 0 Å². The molecule has 1 atom stereocenters. The van der Waals surface area contributed by atoms with Gasteiger partial charge < -0.3 is 9.84 Å². The van der Waals surface area contributed by atoms with Crippen LogP contribution in [-0.4, -0.2) is 38.5 Å². The maximum Gasteiger partial charge on any atom is 0.320 e. The fourth-order valence-electron chi connectivity index (χ4n) is 3.53. The van der Waals surface area contributed by atoms with Crippen LogP contribution in [0.25, 0.3) is 11.4 Å². The number of halogens is 2. The van der Waals surface area contributed by atoms with Gasteiger partial charge >= 0.3 is 5.97 Å². The summed E-state index contributed by atoms with van der Waals surface area (Å²) < 4.78 is 32.2. The lowest BCUT2D eigenvalue weighted by Crippen LogP contribution is -2.42. The zero-order valence-electron chi connectivity index (χ0n) is 16.9. The molecule has 0 saturated carbocycles. The molecule has 1 N–H and O–H groups in total. The zero-order chi connectivity index (χ0) is 22.0. The van der Waals surface area contributed by atoms with Gasteiger partial charge in [0.1, 0.15) is 30.0 Å². The quantitative estimate of drug-likeness (QED) is 0.647. The van der Waals surface area contributed by atoms with Gasteiger partial charge in [0.15, 0.2) is 5.82 Å². The normalized spacial score (nSPS) is 14.7. The van der Waals surface area contributed by atoms with Crippen molar-refractivity contribution < 1.29 is 23.4 Å². The van der Waals surface area contributed by atoms with Gasteiger partial charge in [-0.2, -0.15) is 0 Å². The van der Waals surface area contributed by atoms with E-state index in [1.807, 2.05) is 17.0 Å². The van der Waals surface area contributed by atoms with E-state index >= 15 is 0 Å². The number of carboxylic acid groups (broad SMARTS) is 1. The van der Waals surface area contributed by atoms with Crippen LogP contribution in [0.3, 0.4) is 0 Å². The van der Waals surface area contributed by atoms with Crippen LogP contribution in [0, 0.1) is 11.6 Å². The summed E-state index contributed by atoms with van der Waals surface area (Å²) in [6, 6.07) is 9.89. The molecule has 1 aliphatic rings. The van der Waals surface area contributed by atoms with Gasteiger partial charge in [-0.25, -0.2) is 18.7 Å². The molecule has 1 aromatic heterocycles. The van der Waals surface area contributed by atoms with Gasteiger partial charge in [-0.3, -0.25) is 9.69 Å². The maximum atomic E-state index is 13.3. The molecule has 31 heavy (non-hydrogen) atoms. The third kappa shape index (κ3) is 4.86. The molecule has 0 radical (unpaired) electrons. The highest BCUT2D eigenvalue weighted by molar-refractivity contribution is 5.73. The summed E-state index contributed by atoms with van der Waals surface area (Å²) in [6.07, 6.45) is 2.41. The Bertz CT molecular complexity index is 1090. The Labute approximate surface area is 178 Å². The van der Waals surface area contributed by atoms with Crippen LogP contribution in [0.4, 0.5) is 8.78 Å². The number of fused-ring (bicyclic) bond motifs is 1. The van der Waals surface area contributed by atoms with E-state index in [1.54, 1.807) is 25.3 Å². The average molecular weight is 425 g/mol.